The molecule has 0 radical (unpaired) electrons. The molecule has 2 nitrogen and oxygen atoms in total. The standard InChI is InChI=1S/C16H20FIN2/c17-15-3-1-2-14(12-15)13-20-10-5-16(4-9-19,6-11-20)18-7-8-18/h1-3,12H,4-8,10-11,13H2. The van der Waals surface area contributed by atoms with Crippen LogP contribution in [-0.2, 0) is 6.54 Å². The van der Waals surface area contributed by atoms with E-state index in [2.05, 4.69) is 11.0 Å². The summed E-state index contributed by atoms with van der Waals surface area (Å²) in [6, 6.07) is 9.35. The van der Waals surface area contributed by atoms with E-state index in [9.17, 15) is 4.39 Å². The molecule has 20 heavy (non-hydrogen) atoms. The molecule has 4 heteroatoms. The van der Waals surface area contributed by atoms with E-state index in [4.69, 9.17) is 5.26 Å². The topological polar surface area (TPSA) is 27.0 Å². The number of nitriles is 1. The number of piperidine rings is 1. The summed E-state index contributed by atoms with van der Waals surface area (Å²) < 4.78 is 16.6. The molecule has 0 bridgehead atoms. The van der Waals surface area contributed by atoms with Crippen LogP contribution < -0.4 is 0 Å². The fourth-order valence-electron chi connectivity index (χ4n) is 3.12. The second kappa shape index (κ2) is 5.98. The van der Waals surface area contributed by atoms with Crippen molar-refractivity contribution in [1.82, 2.24) is 4.90 Å². The van der Waals surface area contributed by atoms with Crippen LogP contribution in [0.1, 0.15) is 24.8 Å². The molecular weight excluding hydrogens is 366 g/mol. The van der Waals surface area contributed by atoms with Crippen molar-refractivity contribution in [1.29, 1.82) is 5.26 Å². The van der Waals surface area contributed by atoms with Crippen LogP contribution in [0.4, 0.5) is 4.39 Å². The van der Waals surface area contributed by atoms with E-state index in [-0.39, 0.29) is 5.82 Å². The molecule has 0 aliphatic carbocycles. The van der Waals surface area contributed by atoms with Gasteiger partial charge in [0.1, 0.15) is 0 Å². The molecule has 0 amide bonds. The van der Waals surface area contributed by atoms with Crippen LogP contribution in [-0.4, -0.2) is 30.3 Å². The Balaban J connectivity index is 1.59. The summed E-state index contributed by atoms with van der Waals surface area (Å²) in [6.45, 7) is 2.99. The summed E-state index contributed by atoms with van der Waals surface area (Å²) in [7, 11) is 0. The molecule has 0 unspecified atom stereocenters. The van der Waals surface area contributed by atoms with Gasteiger partial charge in [0.2, 0.25) is 0 Å². The Kier molecular flexibility index (Phi) is 4.27. The number of benzene rings is 1. The predicted octanol–water partition coefficient (Wildman–Crippen LogP) is 3.59. The number of halogens is 2. The first kappa shape index (κ1) is 14.3. The SMILES string of the molecule is N#CCC1(I2CC2)CCN(Cc2cccc(F)c2)CC1. The third-order valence-electron chi connectivity index (χ3n) is 4.39. The minimum atomic E-state index is -0.761. The van der Waals surface area contributed by atoms with E-state index in [1.807, 2.05) is 6.07 Å². The number of hydrogen-bond acceptors (Lipinski definition) is 2. The molecule has 108 valence electrons. The van der Waals surface area contributed by atoms with Crippen LogP contribution in [0, 0.1) is 17.1 Å². The van der Waals surface area contributed by atoms with Crippen molar-refractivity contribution in [3.8, 4) is 6.07 Å². The Morgan fingerprint density at radius 3 is 2.65 bits per heavy atom. The van der Waals surface area contributed by atoms with Gasteiger partial charge in [0.05, 0.1) is 0 Å². The molecule has 2 saturated heterocycles. The van der Waals surface area contributed by atoms with Gasteiger partial charge in [0.25, 0.3) is 0 Å². The van der Waals surface area contributed by atoms with E-state index < -0.39 is 19.8 Å². The zero-order chi connectivity index (χ0) is 14.0. The maximum absolute atomic E-state index is 13.2. The molecule has 0 spiro atoms. The van der Waals surface area contributed by atoms with Crippen molar-refractivity contribution in [2.24, 2.45) is 0 Å². The second-order valence-corrected chi connectivity index (χ2v) is 12.8. The van der Waals surface area contributed by atoms with Crippen molar-refractivity contribution in [2.75, 3.05) is 21.9 Å². The van der Waals surface area contributed by atoms with Gasteiger partial charge >= 0.3 is 127 Å². The Morgan fingerprint density at radius 2 is 2.05 bits per heavy atom. The Bertz CT molecular complexity index is 513. The van der Waals surface area contributed by atoms with Gasteiger partial charge in [0, 0.05) is 0 Å². The van der Waals surface area contributed by atoms with Crippen LogP contribution in [0.25, 0.3) is 0 Å². The molecule has 2 fully saturated rings. The minimum absolute atomic E-state index is 0.148. The second-order valence-electron chi connectivity index (χ2n) is 5.73. The van der Waals surface area contributed by atoms with Crippen molar-refractivity contribution in [2.45, 2.75) is 29.2 Å². The van der Waals surface area contributed by atoms with Crippen molar-refractivity contribution >= 4 is 19.8 Å². The molecule has 1 aromatic carbocycles. The Hall–Kier alpha value is -0.670. The van der Waals surface area contributed by atoms with Gasteiger partial charge in [0.15, 0.2) is 0 Å². The first-order valence-corrected chi connectivity index (χ1v) is 11.3. The third kappa shape index (κ3) is 3.15. The van der Waals surface area contributed by atoms with Gasteiger partial charge in [-0.1, -0.05) is 0 Å². The fourth-order valence-corrected chi connectivity index (χ4v) is 9.70. The third-order valence-corrected chi connectivity index (χ3v) is 11.2. The van der Waals surface area contributed by atoms with E-state index in [0.29, 0.717) is 3.42 Å². The van der Waals surface area contributed by atoms with Crippen LogP contribution in [0.2, 0.25) is 0 Å². The van der Waals surface area contributed by atoms with E-state index in [0.717, 1.165) is 31.6 Å². The number of alkyl halides is 3. The summed E-state index contributed by atoms with van der Waals surface area (Å²) in [5, 5.41) is 9.11. The van der Waals surface area contributed by atoms with Crippen LogP contribution in [0.5, 0.6) is 0 Å². The number of hydrogen-bond donors (Lipinski definition) is 0. The summed E-state index contributed by atoms with van der Waals surface area (Å²) in [6.07, 6.45) is 3.17. The van der Waals surface area contributed by atoms with Crippen molar-refractivity contribution in [3.05, 3.63) is 35.6 Å². The number of nitrogens with zero attached hydrogens (tertiary/aromatic N) is 2. The van der Waals surface area contributed by atoms with Gasteiger partial charge in [-0.25, -0.2) is 0 Å². The molecule has 0 saturated carbocycles. The normalized spacial score (nSPS) is 23.3. The zero-order valence-electron chi connectivity index (χ0n) is 11.6. The monoisotopic (exact) mass is 386 g/mol. The summed E-state index contributed by atoms with van der Waals surface area (Å²) >= 11 is -0.761. The molecule has 2 aliphatic rings. The van der Waals surface area contributed by atoms with Gasteiger partial charge in [-0.05, 0) is 0 Å². The van der Waals surface area contributed by atoms with E-state index >= 15 is 0 Å². The van der Waals surface area contributed by atoms with Crippen LogP contribution >= 0.6 is 19.8 Å². The predicted molar refractivity (Wildman–Crippen MR) is 87.6 cm³/mol. The summed E-state index contributed by atoms with van der Waals surface area (Å²) in [5.41, 5.74) is 1.06. The summed E-state index contributed by atoms with van der Waals surface area (Å²) in [4.78, 5) is 2.42. The molecule has 3 rings (SSSR count). The average molecular weight is 386 g/mol. The molecular formula is C16H20FIN2. The van der Waals surface area contributed by atoms with Gasteiger partial charge in [-0.15, -0.1) is 0 Å². The Morgan fingerprint density at radius 1 is 1.30 bits per heavy atom. The molecule has 0 aromatic heterocycles. The molecule has 2 aliphatic heterocycles. The van der Waals surface area contributed by atoms with Gasteiger partial charge < -0.3 is 0 Å². The zero-order valence-corrected chi connectivity index (χ0v) is 13.8. The first-order valence-electron chi connectivity index (χ1n) is 7.17. The van der Waals surface area contributed by atoms with Crippen molar-refractivity contribution in [3.63, 3.8) is 0 Å². The Labute approximate surface area is 127 Å². The van der Waals surface area contributed by atoms with Crippen molar-refractivity contribution < 1.29 is 4.39 Å². The molecule has 0 N–H and O–H groups in total. The molecule has 0 atom stereocenters. The number of likely N-dealkylation sites (tertiary alicyclic amines) is 1. The number of rotatable bonds is 4. The van der Waals surface area contributed by atoms with Crippen LogP contribution in [0.3, 0.4) is 0 Å². The average Bonchev–Trinajstić information content (AvgIpc) is 3.26. The maximum atomic E-state index is 13.2. The van der Waals surface area contributed by atoms with E-state index in [1.54, 1.807) is 12.1 Å². The first-order chi connectivity index (χ1) is 9.72. The molecule has 1 aromatic rings. The van der Waals surface area contributed by atoms with Crippen LogP contribution in [0.15, 0.2) is 24.3 Å². The quantitative estimate of drug-likeness (QED) is 0.584. The van der Waals surface area contributed by atoms with Gasteiger partial charge in [-0.2, -0.15) is 0 Å². The van der Waals surface area contributed by atoms with E-state index in [1.165, 1.54) is 27.8 Å². The molecule has 2 heterocycles. The van der Waals surface area contributed by atoms with Gasteiger partial charge in [-0.3, -0.25) is 0 Å². The fraction of sp³-hybridized carbons (Fsp3) is 0.562. The summed E-state index contributed by atoms with van der Waals surface area (Å²) in [5.74, 6) is -0.148.